The van der Waals surface area contributed by atoms with Gasteiger partial charge in [0.15, 0.2) is 4.34 Å². The normalized spacial score (nSPS) is 15.8. The van der Waals surface area contributed by atoms with E-state index in [2.05, 4.69) is 25.7 Å². The fourth-order valence-corrected chi connectivity index (χ4v) is 3.44. The fraction of sp³-hybridized carbons (Fsp3) is 0.727. The summed E-state index contributed by atoms with van der Waals surface area (Å²) in [6.07, 6.45) is 0. The summed E-state index contributed by atoms with van der Waals surface area (Å²) >= 11 is 3.01. The van der Waals surface area contributed by atoms with Crippen molar-refractivity contribution in [3.63, 3.8) is 0 Å². The molecule has 106 valence electrons. The first-order valence-corrected chi connectivity index (χ1v) is 8.16. The third-order valence-electron chi connectivity index (χ3n) is 2.56. The van der Waals surface area contributed by atoms with Crippen LogP contribution in [0.3, 0.4) is 0 Å². The van der Waals surface area contributed by atoms with Gasteiger partial charge in [-0.3, -0.25) is 4.79 Å². The molecule has 2 heterocycles. The lowest BCUT2D eigenvalue weighted by Crippen LogP contribution is -2.43. The van der Waals surface area contributed by atoms with E-state index >= 15 is 0 Å². The maximum Gasteiger partial charge on any atom is 0.230 e. The molecule has 0 aliphatic carbocycles. The van der Waals surface area contributed by atoms with Crippen molar-refractivity contribution in [1.82, 2.24) is 20.8 Å². The van der Waals surface area contributed by atoms with Crippen LogP contribution in [-0.4, -0.2) is 54.1 Å². The summed E-state index contributed by atoms with van der Waals surface area (Å²) in [5.74, 6) is 0.438. The Balaban J connectivity index is 1.81. The Hall–Kier alpha value is -0.860. The van der Waals surface area contributed by atoms with E-state index in [1.165, 1.54) is 11.8 Å². The van der Waals surface area contributed by atoms with Crippen molar-refractivity contribution in [3.05, 3.63) is 0 Å². The Morgan fingerprint density at radius 3 is 2.89 bits per heavy atom. The zero-order valence-corrected chi connectivity index (χ0v) is 12.8. The topological polar surface area (TPSA) is 70.2 Å². The quantitative estimate of drug-likeness (QED) is 0.775. The van der Waals surface area contributed by atoms with Gasteiger partial charge in [0.25, 0.3) is 0 Å². The van der Waals surface area contributed by atoms with Crippen LogP contribution in [-0.2, 0) is 4.79 Å². The van der Waals surface area contributed by atoms with Crippen LogP contribution in [0, 0.1) is 0 Å². The van der Waals surface area contributed by atoms with E-state index in [1.807, 2.05) is 13.8 Å². The van der Waals surface area contributed by atoms with Gasteiger partial charge in [0.1, 0.15) is 0 Å². The monoisotopic (exact) mass is 301 g/mol. The SMILES string of the molecule is CC(C)NC(=O)CSc1nnc(N2CCNCC2)s1. The van der Waals surface area contributed by atoms with Crippen LogP contribution in [0.2, 0.25) is 0 Å². The fourth-order valence-electron chi connectivity index (χ4n) is 1.74. The van der Waals surface area contributed by atoms with Gasteiger partial charge in [-0.2, -0.15) is 0 Å². The number of aromatic nitrogens is 2. The molecule has 1 aliphatic rings. The van der Waals surface area contributed by atoms with Crippen LogP contribution in [0.4, 0.5) is 5.13 Å². The molecule has 0 spiro atoms. The van der Waals surface area contributed by atoms with Crippen molar-refractivity contribution in [2.45, 2.75) is 24.2 Å². The van der Waals surface area contributed by atoms with Crippen molar-refractivity contribution in [3.8, 4) is 0 Å². The number of nitrogens with zero attached hydrogens (tertiary/aromatic N) is 3. The first-order valence-electron chi connectivity index (χ1n) is 6.36. The Morgan fingerprint density at radius 1 is 1.47 bits per heavy atom. The van der Waals surface area contributed by atoms with Crippen molar-refractivity contribution in [2.75, 3.05) is 36.8 Å². The summed E-state index contributed by atoms with van der Waals surface area (Å²) in [7, 11) is 0. The highest BCUT2D eigenvalue weighted by molar-refractivity contribution is 8.01. The van der Waals surface area contributed by atoms with Crippen LogP contribution in [0.25, 0.3) is 0 Å². The molecule has 0 atom stereocenters. The second-order valence-electron chi connectivity index (χ2n) is 4.60. The van der Waals surface area contributed by atoms with Crippen molar-refractivity contribution >= 4 is 34.1 Å². The maximum atomic E-state index is 11.5. The molecule has 0 aromatic carbocycles. The minimum atomic E-state index is 0.0407. The van der Waals surface area contributed by atoms with Crippen LogP contribution in [0.5, 0.6) is 0 Å². The molecule has 2 N–H and O–H groups in total. The number of carbonyl (C=O) groups is 1. The molecular weight excluding hydrogens is 282 g/mol. The average molecular weight is 301 g/mol. The van der Waals surface area contributed by atoms with E-state index in [0.29, 0.717) is 5.75 Å². The van der Waals surface area contributed by atoms with Crippen LogP contribution >= 0.6 is 23.1 Å². The molecule has 0 saturated carbocycles. The summed E-state index contributed by atoms with van der Waals surface area (Å²) in [4.78, 5) is 13.8. The molecular formula is C11H19N5OS2. The van der Waals surface area contributed by atoms with E-state index in [-0.39, 0.29) is 11.9 Å². The molecule has 6 nitrogen and oxygen atoms in total. The van der Waals surface area contributed by atoms with E-state index in [4.69, 9.17) is 0 Å². The van der Waals surface area contributed by atoms with Crippen LogP contribution in [0.1, 0.15) is 13.8 Å². The number of hydrogen-bond donors (Lipinski definition) is 2. The Morgan fingerprint density at radius 2 is 2.21 bits per heavy atom. The summed E-state index contributed by atoms with van der Waals surface area (Å²) in [5, 5.41) is 15.4. The largest absolute Gasteiger partial charge is 0.353 e. The molecule has 0 unspecified atom stereocenters. The molecule has 1 aromatic rings. The number of rotatable bonds is 5. The Bertz CT molecular complexity index is 417. The standard InChI is InChI=1S/C11H19N5OS2/c1-8(2)13-9(17)7-18-11-15-14-10(19-11)16-5-3-12-4-6-16/h8,12H,3-7H2,1-2H3,(H,13,17). The van der Waals surface area contributed by atoms with Gasteiger partial charge in [-0.05, 0) is 13.8 Å². The minimum Gasteiger partial charge on any atom is -0.353 e. The Kier molecular flexibility index (Phi) is 5.41. The van der Waals surface area contributed by atoms with Crippen LogP contribution < -0.4 is 15.5 Å². The van der Waals surface area contributed by atoms with Crippen molar-refractivity contribution < 1.29 is 4.79 Å². The zero-order valence-electron chi connectivity index (χ0n) is 11.2. The van der Waals surface area contributed by atoms with Crippen molar-refractivity contribution in [2.24, 2.45) is 0 Å². The third kappa shape index (κ3) is 4.63. The molecule has 0 bridgehead atoms. The van der Waals surface area contributed by atoms with Gasteiger partial charge in [0.05, 0.1) is 5.75 Å². The van der Waals surface area contributed by atoms with E-state index in [0.717, 1.165) is 35.7 Å². The van der Waals surface area contributed by atoms with Gasteiger partial charge < -0.3 is 15.5 Å². The lowest BCUT2D eigenvalue weighted by molar-refractivity contribution is -0.119. The van der Waals surface area contributed by atoms with E-state index < -0.39 is 0 Å². The summed E-state index contributed by atoms with van der Waals surface area (Å²) < 4.78 is 0.854. The predicted octanol–water partition coefficient (Wildman–Crippen LogP) is 0.564. The first kappa shape index (κ1) is 14.5. The number of hydrogen-bond acceptors (Lipinski definition) is 7. The summed E-state index contributed by atoms with van der Waals surface area (Å²) in [5.41, 5.74) is 0. The third-order valence-corrected chi connectivity index (χ3v) is 4.68. The summed E-state index contributed by atoms with van der Waals surface area (Å²) in [6.45, 7) is 7.81. The lowest BCUT2D eigenvalue weighted by atomic mass is 10.4. The van der Waals surface area contributed by atoms with Gasteiger partial charge >= 0.3 is 0 Å². The van der Waals surface area contributed by atoms with Crippen LogP contribution in [0.15, 0.2) is 4.34 Å². The highest BCUT2D eigenvalue weighted by Gasteiger charge is 2.15. The van der Waals surface area contributed by atoms with E-state index in [1.54, 1.807) is 11.3 Å². The molecule has 1 fully saturated rings. The molecule has 1 saturated heterocycles. The second-order valence-corrected chi connectivity index (χ2v) is 6.78. The smallest absolute Gasteiger partial charge is 0.230 e. The number of thioether (sulfide) groups is 1. The van der Waals surface area contributed by atoms with E-state index in [9.17, 15) is 4.79 Å². The molecule has 1 aromatic heterocycles. The second kappa shape index (κ2) is 7.06. The van der Waals surface area contributed by atoms with Gasteiger partial charge in [0, 0.05) is 32.2 Å². The zero-order chi connectivity index (χ0) is 13.7. The molecule has 0 radical (unpaired) electrons. The predicted molar refractivity (Wildman–Crippen MR) is 79.0 cm³/mol. The number of amides is 1. The Labute approximate surface area is 121 Å². The van der Waals surface area contributed by atoms with Crippen molar-refractivity contribution in [1.29, 1.82) is 0 Å². The number of anilines is 1. The highest BCUT2D eigenvalue weighted by atomic mass is 32.2. The molecule has 2 rings (SSSR count). The van der Waals surface area contributed by atoms with Gasteiger partial charge in [0.2, 0.25) is 11.0 Å². The molecule has 8 heteroatoms. The number of carbonyl (C=O) groups excluding carboxylic acids is 1. The highest BCUT2D eigenvalue weighted by Crippen LogP contribution is 2.27. The van der Waals surface area contributed by atoms with Gasteiger partial charge in [-0.15, -0.1) is 10.2 Å². The van der Waals surface area contributed by atoms with Gasteiger partial charge in [-0.25, -0.2) is 0 Å². The lowest BCUT2D eigenvalue weighted by Gasteiger charge is -2.26. The molecule has 1 aliphatic heterocycles. The summed E-state index contributed by atoms with van der Waals surface area (Å²) in [6, 6.07) is 0.180. The first-order chi connectivity index (χ1) is 9.15. The molecule has 1 amide bonds. The van der Waals surface area contributed by atoms with Gasteiger partial charge in [-0.1, -0.05) is 23.1 Å². The minimum absolute atomic E-state index is 0.0407. The molecule has 19 heavy (non-hydrogen) atoms. The number of nitrogens with one attached hydrogen (secondary N) is 2. The maximum absolute atomic E-state index is 11.5. The number of piperazine rings is 1. The average Bonchev–Trinajstić information content (AvgIpc) is 2.85.